The van der Waals surface area contributed by atoms with Crippen LogP contribution in [0.15, 0.2) is 48.5 Å². The Kier molecular flexibility index (Phi) is 7.95. The minimum absolute atomic E-state index is 0.0205. The van der Waals surface area contributed by atoms with Crippen molar-refractivity contribution in [2.75, 3.05) is 11.9 Å². The molecule has 0 saturated carbocycles. The molecule has 0 saturated heterocycles. The van der Waals surface area contributed by atoms with E-state index in [-0.39, 0.29) is 23.9 Å². The fourth-order valence-corrected chi connectivity index (χ4v) is 2.67. The summed E-state index contributed by atoms with van der Waals surface area (Å²) in [7, 11) is 0. The van der Waals surface area contributed by atoms with E-state index in [0.29, 0.717) is 13.0 Å². The van der Waals surface area contributed by atoms with Gasteiger partial charge in [-0.1, -0.05) is 42.5 Å². The number of rotatable bonds is 7. The van der Waals surface area contributed by atoms with Crippen molar-refractivity contribution < 1.29 is 14.3 Å². The molecule has 0 aliphatic carbocycles. The molecule has 5 nitrogen and oxygen atoms in total. The summed E-state index contributed by atoms with van der Waals surface area (Å²) in [5.41, 5.74) is 4.15. The second-order valence-corrected chi connectivity index (χ2v) is 6.61. The van der Waals surface area contributed by atoms with Gasteiger partial charge in [-0.05, 0) is 48.8 Å². The Morgan fingerprint density at radius 1 is 1.00 bits per heavy atom. The van der Waals surface area contributed by atoms with Crippen LogP contribution in [-0.2, 0) is 20.7 Å². The van der Waals surface area contributed by atoms with E-state index in [9.17, 15) is 9.59 Å². The van der Waals surface area contributed by atoms with Gasteiger partial charge in [0.2, 0.25) is 5.91 Å². The molecule has 27 heavy (non-hydrogen) atoms. The first kappa shape index (κ1) is 20.6. The number of hydrogen-bond acceptors (Lipinski definition) is 4. The van der Waals surface area contributed by atoms with Crippen molar-refractivity contribution in [2.45, 2.75) is 33.1 Å². The standard InChI is InChI=1S/C21H24N2O3S/c1-15-7-6-10-18(16(15)2)22-21(27)23-19(24)11-12-20(25)26-14-13-17-8-4-3-5-9-17/h3-10H,11-14H2,1-2H3,(H2,22,23,24,27). The van der Waals surface area contributed by atoms with E-state index in [0.717, 1.165) is 22.4 Å². The van der Waals surface area contributed by atoms with Crippen molar-refractivity contribution in [1.82, 2.24) is 5.32 Å². The third-order valence-corrected chi connectivity index (χ3v) is 4.36. The molecule has 2 aromatic carbocycles. The van der Waals surface area contributed by atoms with Gasteiger partial charge in [-0.25, -0.2) is 0 Å². The highest BCUT2D eigenvalue weighted by atomic mass is 32.1. The van der Waals surface area contributed by atoms with E-state index < -0.39 is 5.97 Å². The van der Waals surface area contributed by atoms with Crippen LogP contribution < -0.4 is 10.6 Å². The summed E-state index contributed by atoms with van der Waals surface area (Å²) in [5, 5.41) is 5.81. The molecule has 142 valence electrons. The Bertz CT molecular complexity index is 806. The van der Waals surface area contributed by atoms with Crippen molar-refractivity contribution in [1.29, 1.82) is 0 Å². The molecule has 1 amide bonds. The first-order chi connectivity index (χ1) is 13.0. The van der Waals surface area contributed by atoms with Gasteiger partial charge < -0.3 is 15.4 Å². The van der Waals surface area contributed by atoms with E-state index in [1.54, 1.807) is 0 Å². The average molecular weight is 385 g/mol. The number of nitrogens with one attached hydrogen (secondary N) is 2. The van der Waals surface area contributed by atoms with Crippen molar-refractivity contribution >= 4 is 34.9 Å². The van der Waals surface area contributed by atoms with Crippen LogP contribution in [0.5, 0.6) is 0 Å². The van der Waals surface area contributed by atoms with E-state index >= 15 is 0 Å². The smallest absolute Gasteiger partial charge is 0.306 e. The first-order valence-electron chi connectivity index (χ1n) is 8.82. The zero-order valence-electron chi connectivity index (χ0n) is 15.6. The fraction of sp³-hybridized carbons (Fsp3) is 0.286. The largest absolute Gasteiger partial charge is 0.465 e. The summed E-state index contributed by atoms with van der Waals surface area (Å²) in [6.07, 6.45) is 0.703. The lowest BCUT2D eigenvalue weighted by Gasteiger charge is -2.13. The molecular weight excluding hydrogens is 360 g/mol. The van der Waals surface area contributed by atoms with Gasteiger partial charge in [-0.3, -0.25) is 9.59 Å². The third-order valence-electron chi connectivity index (χ3n) is 4.16. The van der Waals surface area contributed by atoms with Gasteiger partial charge in [0.15, 0.2) is 5.11 Å². The maximum Gasteiger partial charge on any atom is 0.306 e. The molecule has 0 unspecified atom stereocenters. The second-order valence-electron chi connectivity index (χ2n) is 6.21. The molecule has 2 rings (SSSR count). The number of carbonyl (C=O) groups is 2. The number of thiocarbonyl (C=S) groups is 1. The number of hydrogen-bond donors (Lipinski definition) is 2. The zero-order valence-corrected chi connectivity index (χ0v) is 16.4. The van der Waals surface area contributed by atoms with Gasteiger partial charge >= 0.3 is 5.97 Å². The van der Waals surface area contributed by atoms with Crippen molar-refractivity contribution in [2.24, 2.45) is 0 Å². The fourth-order valence-electron chi connectivity index (χ4n) is 2.44. The van der Waals surface area contributed by atoms with Crippen molar-refractivity contribution in [3.63, 3.8) is 0 Å². The highest BCUT2D eigenvalue weighted by molar-refractivity contribution is 7.80. The quantitative estimate of drug-likeness (QED) is 0.563. The Hall–Kier alpha value is -2.73. The number of benzene rings is 2. The van der Waals surface area contributed by atoms with Crippen molar-refractivity contribution in [3.05, 3.63) is 65.2 Å². The molecule has 0 fully saturated rings. The van der Waals surface area contributed by atoms with Crippen LogP contribution in [0.1, 0.15) is 29.5 Å². The van der Waals surface area contributed by atoms with Gasteiger partial charge in [0.05, 0.1) is 13.0 Å². The minimum Gasteiger partial charge on any atom is -0.465 e. The van der Waals surface area contributed by atoms with Crippen LogP contribution >= 0.6 is 12.2 Å². The van der Waals surface area contributed by atoms with Crippen molar-refractivity contribution in [3.8, 4) is 0 Å². The van der Waals surface area contributed by atoms with Crippen LogP contribution in [-0.4, -0.2) is 23.6 Å². The summed E-state index contributed by atoms with van der Waals surface area (Å²) in [4.78, 5) is 23.7. The van der Waals surface area contributed by atoms with Gasteiger partial charge in [0.25, 0.3) is 0 Å². The van der Waals surface area contributed by atoms with Crippen LogP contribution in [0.4, 0.5) is 5.69 Å². The average Bonchev–Trinajstić information content (AvgIpc) is 2.64. The SMILES string of the molecule is Cc1cccc(NC(=S)NC(=O)CCC(=O)OCCc2ccccc2)c1C. The zero-order chi connectivity index (χ0) is 19.6. The number of carbonyl (C=O) groups excluding carboxylic acids is 2. The Labute approximate surface area is 165 Å². The highest BCUT2D eigenvalue weighted by Crippen LogP contribution is 2.17. The predicted octanol–water partition coefficient (Wildman–Crippen LogP) is 3.68. The molecule has 0 radical (unpaired) electrons. The molecule has 0 aromatic heterocycles. The predicted molar refractivity (Wildman–Crippen MR) is 111 cm³/mol. The molecule has 0 bridgehead atoms. The molecule has 6 heteroatoms. The third kappa shape index (κ3) is 7.19. The molecule has 0 aliphatic heterocycles. The van der Waals surface area contributed by atoms with E-state index in [1.165, 1.54) is 0 Å². The lowest BCUT2D eigenvalue weighted by Crippen LogP contribution is -2.34. The molecule has 0 aliphatic rings. The summed E-state index contributed by atoms with van der Waals surface area (Å²) in [5.74, 6) is -0.715. The number of esters is 1. The second kappa shape index (κ2) is 10.4. The maximum atomic E-state index is 11.9. The summed E-state index contributed by atoms with van der Waals surface area (Å²) in [6.45, 7) is 4.29. The molecule has 0 heterocycles. The van der Waals surface area contributed by atoms with Gasteiger partial charge in [0.1, 0.15) is 0 Å². The first-order valence-corrected chi connectivity index (χ1v) is 9.23. The van der Waals surface area contributed by atoms with Crippen LogP contribution in [0.25, 0.3) is 0 Å². The van der Waals surface area contributed by atoms with E-state index in [1.807, 2.05) is 62.4 Å². The van der Waals surface area contributed by atoms with Crippen LogP contribution in [0, 0.1) is 13.8 Å². The van der Waals surface area contributed by atoms with Gasteiger partial charge in [0, 0.05) is 18.5 Å². The minimum atomic E-state index is -0.394. The molecule has 2 N–H and O–H groups in total. The van der Waals surface area contributed by atoms with E-state index in [4.69, 9.17) is 17.0 Å². The van der Waals surface area contributed by atoms with E-state index in [2.05, 4.69) is 10.6 Å². The summed E-state index contributed by atoms with van der Waals surface area (Å²) >= 11 is 5.16. The Morgan fingerprint density at radius 2 is 1.74 bits per heavy atom. The maximum absolute atomic E-state index is 11.9. The highest BCUT2D eigenvalue weighted by Gasteiger charge is 2.10. The molecule has 2 aromatic rings. The Balaban J connectivity index is 1.66. The number of aryl methyl sites for hydroxylation is 1. The normalized spacial score (nSPS) is 10.1. The lowest BCUT2D eigenvalue weighted by molar-refractivity contribution is -0.144. The summed E-state index contributed by atoms with van der Waals surface area (Å²) in [6, 6.07) is 15.6. The number of amides is 1. The molecule has 0 spiro atoms. The van der Waals surface area contributed by atoms with Crippen LogP contribution in [0.3, 0.4) is 0 Å². The number of ether oxygens (including phenoxy) is 1. The topological polar surface area (TPSA) is 67.4 Å². The van der Waals surface area contributed by atoms with Gasteiger partial charge in [-0.15, -0.1) is 0 Å². The monoisotopic (exact) mass is 384 g/mol. The van der Waals surface area contributed by atoms with Crippen LogP contribution in [0.2, 0.25) is 0 Å². The Morgan fingerprint density at radius 3 is 2.48 bits per heavy atom. The summed E-state index contributed by atoms with van der Waals surface area (Å²) < 4.78 is 5.16. The van der Waals surface area contributed by atoms with Gasteiger partial charge in [-0.2, -0.15) is 0 Å². The number of anilines is 1. The molecular formula is C21H24N2O3S. The molecule has 0 atom stereocenters. The lowest BCUT2D eigenvalue weighted by atomic mass is 10.1.